The van der Waals surface area contributed by atoms with Crippen LogP contribution < -0.4 is 0 Å². The molecule has 0 aromatic carbocycles. The zero-order valence-electron chi connectivity index (χ0n) is 7.99. The quantitative estimate of drug-likeness (QED) is 0.548. The minimum atomic E-state index is -0.523. The smallest absolute Gasteiger partial charge is 0.358 e. The van der Waals surface area contributed by atoms with Crippen molar-refractivity contribution >= 4 is 5.82 Å². The molecular formula is C9H8N4O2. The molecule has 0 bridgehead atoms. The molecule has 2 heterocycles. The average Bonchev–Trinajstić information content (AvgIpc) is 2.66. The fraction of sp³-hybridized carbons (Fsp3) is 0.111. The highest BCUT2D eigenvalue weighted by Gasteiger charge is 2.10. The first-order chi connectivity index (χ1) is 7.16. The molecule has 0 aliphatic rings. The van der Waals surface area contributed by atoms with Crippen molar-refractivity contribution in [1.29, 1.82) is 0 Å². The van der Waals surface area contributed by atoms with Gasteiger partial charge in [0.05, 0.1) is 5.69 Å². The summed E-state index contributed by atoms with van der Waals surface area (Å²) in [5.74, 6) is -0.163. The summed E-state index contributed by atoms with van der Waals surface area (Å²) in [7, 11) is 0. The third-order valence-electron chi connectivity index (χ3n) is 1.93. The number of nitrogens with zero attached hydrogens (tertiary/aromatic N) is 4. The van der Waals surface area contributed by atoms with Crippen LogP contribution in [0.2, 0.25) is 0 Å². The maximum Gasteiger partial charge on any atom is 0.381 e. The second kappa shape index (κ2) is 3.49. The zero-order valence-corrected chi connectivity index (χ0v) is 7.99. The Bertz CT molecular complexity index is 506. The van der Waals surface area contributed by atoms with Crippen LogP contribution in [0, 0.1) is 17.0 Å². The van der Waals surface area contributed by atoms with E-state index in [-0.39, 0.29) is 5.82 Å². The maximum atomic E-state index is 10.4. The van der Waals surface area contributed by atoms with Crippen LogP contribution in [0.5, 0.6) is 0 Å². The number of imidazole rings is 1. The molecule has 0 fully saturated rings. The summed E-state index contributed by atoms with van der Waals surface area (Å²) in [5, 5.41) is 10.4. The lowest BCUT2D eigenvalue weighted by atomic mass is 10.3. The standard InChI is InChI=1S/C9H8N4O2/c1-7-4-8(2-3-10-7)12-5-9(11-6-12)13(14)15/h2-6H,1H3. The number of hydrogen-bond donors (Lipinski definition) is 0. The normalized spacial score (nSPS) is 10.2. The molecule has 0 aliphatic carbocycles. The van der Waals surface area contributed by atoms with E-state index in [0.717, 1.165) is 11.4 Å². The predicted octanol–water partition coefficient (Wildman–Crippen LogP) is 1.48. The summed E-state index contributed by atoms with van der Waals surface area (Å²) >= 11 is 0. The number of aromatic nitrogens is 3. The van der Waals surface area contributed by atoms with Crippen LogP contribution in [0.3, 0.4) is 0 Å². The molecule has 0 saturated heterocycles. The predicted molar refractivity (Wildman–Crippen MR) is 52.8 cm³/mol. The van der Waals surface area contributed by atoms with Gasteiger partial charge < -0.3 is 10.1 Å². The van der Waals surface area contributed by atoms with Crippen LogP contribution in [0.25, 0.3) is 5.69 Å². The highest BCUT2D eigenvalue weighted by molar-refractivity contribution is 5.34. The molecule has 0 saturated carbocycles. The van der Waals surface area contributed by atoms with Crippen molar-refractivity contribution in [2.24, 2.45) is 0 Å². The lowest BCUT2D eigenvalue weighted by Crippen LogP contribution is -1.92. The van der Waals surface area contributed by atoms with Crippen LogP contribution in [0.4, 0.5) is 5.82 Å². The lowest BCUT2D eigenvalue weighted by Gasteiger charge is -1.99. The van der Waals surface area contributed by atoms with Gasteiger partial charge in [-0.3, -0.25) is 9.55 Å². The van der Waals surface area contributed by atoms with E-state index in [0.29, 0.717) is 0 Å². The van der Waals surface area contributed by atoms with Gasteiger partial charge in [0.25, 0.3) is 0 Å². The molecule has 0 amide bonds. The molecule has 6 nitrogen and oxygen atoms in total. The summed E-state index contributed by atoms with van der Waals surface area (Å²) in [4.78, 5) is 17.6. The molecule has 76 valence electrons. The van der Waals surface area contributed by atoms with E-state index in [4.69, 9.17) is 0 Å². The summed E-state index contributed by atoms with van der Waals surface area (Å²) < 4.78 is 1.59. The zero-order chi connectivity index (χ0) is 10.8. The summed E-state index contributed by atoms with van der Waals surface area (Å²) in [5.41, 5.74) is 1.66. The van der Waals surface area contributed by atoms with Gasteiger partial charge in [-0.2, -0.15) is 0 Å². The topological polar surface area (TPSA) is 73.8 Å². The van der Waals surface area contributed by atoms with Gasteiger partial charge in [-0.1, -0.05) is 0 Å². The van der Waals surface area contributed by atoms with Gasteiger partial charge in [0.15, 0.2) is 0 Å². The first kappa shape index (κ1) is 9.32. The second-order valence-electron chi connectivity index (χ2n) is 3.05. The van der Waals surface area contributed by atoms with Crippen LogP contribution >= 0.6 is 0 Å². The Morgan fingerprint density at radius 3 is 2.87 bits per heavy atom. The maximum absolute atomic E-state index is 10.4. The van der Waals surface area contributed by atoms with E-state index >= 15 is 0 Å². The van der Waals surface area contributed by atoms with Crippen molar-refractivity contribution in [3.05, 3.63) is 46.7 Å². The monoisotopic (exact) mass is 204 g/mol. The minimum absolute atomic E-state index is 0.163. The third-order valence-corrected chi connectivity index (χ3v) is 1.93. The molecule has 0 unspecified atom stereocenters. The number of rotatable bonds is 2. The SMILES string of the molecule is Cc1cc(-n2cnc([N+](=O)[O-])c2)ccn1. The Balaban J connectivity index is 2.41. The molecule has 0 radical (unpaired) electrons. The van der Waals surface area contributed by atoms with E-state index in [9.17, 15) is 10.1 Å². The molecule has 0 spiro atoms. The molecular weight excluding hydrogens is 196 g/mol. The van der Waals surface area contributed by atoms with Crippen LogP contribution in [-0.2, 0) is 0 Å². The van der Waals surface area contributed by atoms with E-state index in [1.807, 2.05) is 13.0 Å². The molecule has 0 aliphatic heterocycles. The summed E-state index contributed by atoms with van der Waals surface area (Å²) in [6, 6.07) is 3.59. The van der Waals surface area contributed by atoms with Gasteiger partial charge in [-0.15, -0.1) is 0 Å². The Morgan fingerprint density at radius 2 is 2.27 bits per heavy atom. The molecule has 15 heavy (non-hydrogen) atoms. The number of pyridine rings is 1. The Labute approximate surface area is 85.4 Å². The first-order valence-electron chi connectivity index (χ1n) is 4.28. The van der Waals surface area contributed by atoms with Gasteiger partial charge in [0.1, 0.15) is 6.20 Å². The molecule has 2 aromatic rings. The van der Waals surface area contributed by atoms with Gasteiger partial charge in [-0.05, 0) is 29.0 Å². The van der Waals surface area contributed by atoms with Crippen molar-refractivity contribution in [1.82, 2.24) is 14.5 Å². The number of nitro groups is 1. The second-order valence-corrected chi connectivity index (χ2v) is 3.05. The van der Waals surface area contributed by atoms with Crippen molar-refractivity contribution in [3.8, 4) is 5.69 Å². The highest BCUT2D eigenvalue weighted by atomic mass is 16.6. The largest absolute Gasteiger partial charge is 0.381 e. The Kier molecular flexibility index (Phi) is 2.17. The van der Waals surface area contributed by atoms with Crippen LogP contribution in [-0.4, -0.2) is 19.5 Å². The Hall–Kier alpha value is -2.24. The van der Waals surface area contributed by atoms with Gasteiger partial charge in [-0.25, -0.2) is 0 Å². The van der Waals surface area contributed by atoms with Crippen LogP contribution in [0.1, 0.15) is 5.69 Å². The molecule has 6 heteroatoms. The summed E-state index contributed by atoms with van der Waals surface area (Å²) in [6.45, 7) is 1.86. The van der Waals surface area contributed by atoms with E-state index in [1.165, 1.54) is 12.5 Å². The van der Waals surface area contributed by atoms with Crippen molar-refractivity contribution < 1.29 is 4.92 Å². The first-order valence-corrected chi connectivity index (χ1v) is 4.28. The van der Waals surface area contributed by atoms with E-state index in [2.05, 4.69) is 9.97 Å². The van der Waals surface area contributed by atoms with E-state index < -0.39 is 4.92 Å². The number of aryl methyl sites for hydroxylation is 1. The van der Waals surface area contributed by atoms with Gasteiger partial charge in [0, 0.05) is 11.9 Å². The van der Waals surface area contributed by atoms with Crippen molar-refractivity contribution in [2.45, 2.75) is 6.92 Å². The fourth-order valence-corrected chi connectivity index (χ4v) is 1.24. The van der Waals surface area contributed by atoms with Gasteiger partial charge >= 0.3 is 5.82 Å². The highest BCUT2D eigenvalue weighted by Crippen LogP contribution is 2.12. The van der Waals surface area contributed by atoms with Crippen molar-refractivity contribution in [2.75, 3.05) is 0 Å². The lowest BCUT2D eigenvalue weighted by molar-refractivity contribution is -0.389. The molecule has 0 N–H and O–H groups in total. The van der Waals surface area contributed by atoms with Crippen molar-refractivity contribution in [3.63, 3.8) is 0 Å². The third kappa shape index (κ3) is 1.83. The van der Waals surface area contributed by atoms with E-state index in [1.54, 1.807) is 16.8 Å². The Morgan fingerprint density at radius 1 is 1.47 bits per heavy atom. The number of hydrogen-bond acceptors (Lipinski definition) is 4. The minimum Gasteiger partial charge on any atom is -0.358 e. The molecule has 2 aromatic heterocycles. The molecule has 2 rings (SSSR count). The van der Waals surface area contributed by atoms with Crippen LogP contribution in [0.15, 0.2) is 30.9 Å². The fourth-order valence-electron chi connectivity index (χ4n) is 1.24. The summed E-state index contributed by atoms with van der Waals surface area (Å²) in [6.07, 6.45) is 4.43. The van der Waals surface area contributed by atoms with Gasteiger partial charge in [0.2, 0.25) is 6.33 Å². The average molecular weight is 204 g/mol. The molecule has 0 atom stereocenters.